The monoisotopic (exact) mass is 627 g/mol. The SMILES string of the molecule is Cc1cc(C)nc(NS(=O)(=O)c2ccc(NC(=O)c3ccc(CN(c4ccccc4)S(=O)(=O)c4ccccc4)cc3)cc2)n1. The molecule has 0 saturated carbocycles. The van der Waals surface area contributed by atoms with Gasteiger partial charge in [0, 0.05) is 22.6 Å². The highest BCUT2D eigenvalue weighted by Gasteiger charge is 2.25. The first-order valence-corrected chi connectivity index (χ1v) is 16.4. The molecule has 10 nitrogen and oxygen atoms in total. The van der Waals surface area contributed by atoms with Crippen molar-refractivity contribution in [3.8, 4) is 0 Å². The molecule has 0 unspecified atom stereocenters. The quantitative estimate of drug-likeness (QED) is 0.207. The molecule has 5 aromatic rings. The Hall–Kier alpha value is -5.07. The van der Waals surface area contributed by atoms with E-state index in [1.54, 1.807) is 98.8 Å². The molecule has 0 spiro atoms. The molecular weight excluding hydrogens is 599 g/mol. The van der Waals surface area contributed by atoms with Gasteiger partial charge in [-0.05, 0) is 86.1 Å². The van der Waals surface area contributed by atoms with Crippen LogP contribution in [0.15, 0.2) is 125 Å². The Balaban J connectivity index is 1.28. The standard InChI is InChI=1S/C32H29N5O5S2/c1-23-21-24(2)34-32(33-23)36-43(39,40)29-19-17-27(18-20-29)35-31(38)26-15-13-25(14-16-26)22-37(28-9-5-3-6-10-28)44(41,42)30-11-7-4-8-12-30/h3-21H,22H2,1-2H3,(H,35,38)(H,33,34,36). The minimum atomic E-state index is -3.94. The number of carbonyl (C=O) groups is 1. The molecule has 0 aliphatic rings. The van der Waals surface area contributed by atoms with Gasteiger partial charge in [-0.2, -0.15) is 0 Å². The van der Waals surface area contributed by atoms with E-state index < -0.39 is 26.0 Å². The van der Waals surface area contributed by atoms with Gasteiger partial charge in [-0.25, -0.2) is 31.5 Å². The summed E-state index contributed by atoms with van der Waals surface area (Å²) in [7, 11) is -7.80. The third kappa shape index (κ3) is 7.10. The van der Waals surface area contributed by atoms with Gasteiger partial charge in [-0.15, -0.1) is 0 Å². The molecule has 12 heteroatoms. The molecule has 5 rings (SSSR count). The van der Waals surface area contributed by atoms with Gasteiger partial charge >= 0.3 is 0 Å². The van der Waals surface area contributed by atoms with Crippen LogP contribution in [0.5, 0.6) is 0 Å². The zero-order valence-electron chi connectivity index (χ0n) is 23.9. The second-order valence-corrected chi connectivity index (χ2v) is 13.5. The first kappa shape index (κ1) is 30.4. The van der Waals surface area contributed by atoms with Crippen LogP contribution >= 0.6 is 0 Å². The van der Waals surface area contributed by atoms with Gasteiger partial charge < -0.3 is 5.32 Å². The van der Waals surface area contributed by atoms with Crippen LogP contribution in [0, 0.1) is 13.8 Å². The van der Waals surface area contributed by atoms with Crippen molar-refractivity contribution >= 4 is 43.3 Å². The zero-order chi connectivity index (χ0) is 31.3. The molecule has 0 fully saturated rings. The maximum atomic E-state index is 13.5. The fourth-order valence-corrected chi connectivity index (χ4v) is 6.85. The van der Waals surface area contributed by atoms with Crippen molar-refractivity contribution < 1.29 is 21.6 Å². The van der Waals surface area contributed by atoms with Crippen LogP contribution in [0.4, 0.5) is 17.3 Å². The van der Waals surface area contributed by atoms with Crippen molar-refractivity contribution in [1.29, 1.82) is 0 Å². The Morgan fingerprint density at radius 1 is 0.705 bits per heavy atom. The predicted molar refractivity (Wildman–Crippen MR) is 169 cm³/mol. The smallest absolute Gasteiger partial charge is 0.264 e. The van der Waals surface area contributed by atoms with Gasteiger partial charge in [-0.3, -0.25) is 9.10 Å². The van der Waals surface area contributed by atoms with E-state index in [-0.39, 0.29) is 22.3 Å². The number of anilines is 3. The van der Waals surface area contributed by atoms with E-state index in [1.165, 1.54) is 28.6 Å². The summed E-state index contributed by atoms with van der Waals surface area (Å²) in [5.74, 6) is -0.432. The lowest BCUT2D eigenvalue weighted by Gasteiger charge is -2.25. The Morgan fingerprint density at radius 2 is 1.27 bits per heavy atom. The summed E-state index contributed by atoms with van der Waals surface area (Å²) < 4.78 is 56.4. The third-order valence-corrected chi connectivity index (χ3v) is 9.68. The number of sulfonamides is 2. The van der Waals surface area contributed by atoms with Crippen LogP contribution in [-0.4, -0.2) is 32.7 Å². The van der Waals surface area contributed by atoms with E-state index in [4.69, 9.17) is 0 Å². The third-order valence-electron chi connectivity index (χ3n) is 6.55. The van der Waals surface area contributed by atoms with Crippen molar-refractivity contribution in [2.75, 3.05) is 14.3 Å². The molecule has 0 saturated heterocycles. The number of aryl methyl sites for hydroxylation is 2. The minimum Gasteiger partial charge on any atom is -0.322 e. The maximum Gasteiger partial charge on any atom is 0.264 e. The first-order chi connectivity index (χ1) is 21.0. The number of benzene rings is 4. The van der Waals surface area contributed by atoms with Gasteiger partial charge in [0.15, 0.2) is 0 Å². The summed E-state index contributed by atoms with van der Waals surface area (Å²) >= 11 is 0. The van der Waals surface area contributed by atoms with Gasteiger partial charge in [0.05, 0.1) is 22.0 Å². The van der Waals surface area contributed by atoms with E-state index in [1.807, 2.05) is 6.07 Å². The van der Waals surface area contributed by atoms with Gasteiger partial charge in [0.2, 0.25) is 5.95 Å². The number of nitrogens with zero attached hydrogens (tertiary/aromatic N) is 3. The average Bonchev–Trinajstić information content (AvgIpc) is 3.00. The van der Waals surface area contributed by atoms with Gasteiger partial charge in [-0.1, -0.05) is 48.5 Å². The van der Waals surface area contributed by atoms with Crippen LogP contribution < -0.4 is 14.3 Å². The van der Waals surface area contributed by atoms with E-state index in [2.05, 4.69) is 20.0 Å². The van der Waals surface area contributed by atoms with Crippen LogP contribution in [-0.2, 0) is 26.6 Å². The Kier molecular flexibility index (Phi) is 8.74. The molecule has 1 aromatic heterocycles. The van der Waals surface area contributed by atoms with Crippen LogP contribution in [0.1, 0.15) is 27.3 Å². The number of carbonyl (C=O) groups excluding carboxylic acids is 1. The molecule has 1 heterocycles. The van der Waals surface area contributed by atoms with E-state index in [0.29, 0.717) is 33.9 Å². The summed E-state index contributed by atoms with van der Waals surface area (Å²) in [6, 6.07) is 31.1. The number of hydrogen-bond acceptors (Lipinski definition) is 7. The maximum absolute atomic E-state index is 13.5. The first-order valence-electron chi connectivity index (χ1n) is 13.5. The Labute approximate surface area is 256 Å². The average molecular weight is 628 g/mol. The number of nitrogens with one attached hydrogen (secondary N) is 2. The molecule has 0 atom stereocenters. The summed E-state index contributed by atoms with van der Waals surface area (Å²) in [4.78, 5) is 21.3. The second kappa shape index (κ2) is 12.7. The normalized spacial score (nSPS) is 11.5. The lowest BCUT2D eigenvalue weighted by atomic mass is 10.1. The topological polar surface area (TPSA) is 138 Å². The van der Waals surface area contributed by atoms with Crippen molar-refractivity contribution in [2.24, 2.45) is 0 Å². The zero-order valence-corrected chi connectivity index (χ0v) is 25.5. The summed E-state index contributed by atoms with van der Waals surface area (Å²) in [5, 5.41) is 2.75. The molecule has 0 aliphatic heterocycles. The fraction of sp³-hybridized carbons (Fsp3) is 0.0938. The molecular formula is C32H29N5O5S2. The van der Waals surface area contributed by atoms with Crippen molar-refractivity contribution in [1.82, 2.24) is 9.97 Å². The van der Waals surface area contributed by atoms with Crippen LogP contribution in [0.25, 0.3) is 0 Å². The van der Waals surface area contributed by atoms with Gasteiger partial charge in [0.25, 0.3) is 26.0 Å². The van der Waals surface area contributed by atoms with Gasteiger partial charge in [0.1, 0.15) is 0 Å². The molecule has 0 radical (unpaired) electrons. The van der Waals surface area contributed by atoms with Crippen LogP contribution in [0.2, 0.25) is 0 Å². The number of rotatable bonds is 10. The fourth-order valence-electron chi connectivity index (χ4n) is 4.43. The molecule has 2 N–H and O–H groups in total. The van der Waals surface area contributed by atoms with E-state index in [9.17, 15) is 21.6 Å². The number of para-hydroxylation sites is 1. The summed E-state index contributed by atoms with van der Waals surface area (Å²) in [6.07, 6.45) is 0. The summed E-state index contributed by atoms with van der Waals surface area (Å²) in [5.41, 5.74) is 3.19. The second-order valence-electron chi connectivity index (χ2n) is 9.92. The highest BCUT2D eigenvalue weighted by molar-refractivity contribution is 7.93. The molecule has 44 heavy (non-hydrogen) atoms. The number of hydrogen-bond donors (Lipinski definition) is 2. The van der Waals surface area contributed by atoms with Crippen LogP contribution in [0.3, 0.4) is 0 Å². The van der Waals surface area contributed by atoms with E-state index in [0.717, 1.165) is 0 Å². The largest absolute Gasteiger partial charge is 0.322 e. The van der Waals surface area contributed by atoms with Crippen molar-refractivity contribution in [3.63, 3.8) is 0 Å². The molecule has 0 bridgehead atoms. The minimum absolute atomic E-state index is 0.0176. The number of amides is 1. The number of aromatic nitrogens is 2. The predicted octanol–water partition coefficient (Wildman–Crippen LogP) is 5.54. The molecule has 224 valence electrons. The molecule has 1 amide bonds. The highest BCUT2D eigenvalue weighted by atomic mass is 32.2. The lowest BCUT2D eigenvalue weighted by molar-refractivity contribution is 0.102. The Bertz CT molecular complexity index is 1970. The lowest BCUT2D eigenvalue weighted by Crippen LogP contribution is -2.30. The van der Waals surface area contributed by atoms with Crippen molar-refractivity contribution in [2.45, 2.75) is 30.2 Å². The van der Waals surface area contributed by atoms with Crippen molar-refractivity contribution in [3.05, 3.63) is 138 Å². The van der Waals surface area contributed by atoms with E-state index >= 15 is 0 Å². The molecule has 4 aromatic carbocycles. The summed E-state index contributed by atoms with van der Waals surface area (Å²) in [6.45, 7) is 3.54. The highest BCUT2D eigenvalue weighted by Crippen LogP contribution is 2.26. The molecule has 0 aliphatic carbocycles. The Morgan fingerprint density at radius 3 is 1.86 bits per heavy atom.